The molecule has 0 saturated heterocycles. The zero-order valence-corrected chi connectivity index (χ0v) is 12.8. The second-order valence-electron chi connectivity index (χ2n) is 5.11. The molecule has 0 aliphatic heterocycles. The Hall–Kier alpha value is -0.840. The van der Waals surface area contributed by atoms with E-state index in [0.29, 0.717) is 10.0 Å². The lowest BCUT2D eigenvalue weighted by Crippen LogP contribution is -2.44. The average molecular weight is 286 g/mol. The van der Waals surface area contributed by atoms with E-state index in [-0.39, 0.29) is 5.54 Å². The molecule has 3 nitrogen and oxygen atoms in total. The van der Waals surface area contributed by atoms with Crippen LogP contribution in [0.5, 0.6) is 0 Å². The third-order valence-electron chi connectivity index (χ3n) is 3.17. The van der Waals surface area contributed by atoms with Crippen molar-refractivity contribution < 1.29 is 0 Å². The van der Waals surface area contributed by atoms with Gasteiger partial charge in [-0.1, -0.05) is 23.8 Å². The Labute approximate surface area is 119 Å². The summed E-state index contributed by atoms with van der Waals surface area (Å²) >= 11 is 11.0. The molecule has 0 aliphatic carbocycles. The Morgan fingerprint density at radius 2 is 2.06 bits per heavy atom. The number of thiocarbonyl (C=S) groups is 1. The molecule has 18 heavy (non-hydrogen) atoms. The van der Waals surface area contributed by atoms with Crippen LogP contribution >= 0.6 is 23.8 Å². The second kappa shape index (κ2) is 5.87. The number of nitrogens with one attached hydrogen (secondary N) is 1. The van der Waals surface area contributed by atoms with Crippen LogP contribution in [0.15, 0.2) is 18.2 Å². The first-order valence-corrected chi connectivity index (χ1v) is 6.53. The molecule has 0 atom stereocenters. The Bertz CT molecular complexity index is 444. The number of anilines is 1. The van der Waals surface area contributed by atoms with Crippen LogP contribution in [0.25, 0.3) is 0 Å². The molecule has 0 amide bonds. The van der Waals surface area contributed by atoms with Gasteiger partial charge < -0.3 is 16.0 Å². The number of hydrogen-bond acceptors (Lipinski definition) is 3. The molecular formula is C13H20ClN3S. The fourth-order valence-electron chi connectivity index (χ4n) is 1.34. The number of benzene rings is 1. The molecule has 0 aliphatic rings. The van der Waals surface area contributed by atoms with Gasteiger partial charge in [0.1, 0.15) is 4.99 Å². The van der Waals surface area contributed by atoms with Crippen LogP contribution in [0.2, 0.25) is 5.02 Å². The third kappa shape index (κ3) is 3.83. The van der Waals surface area contributed by atoms with Gasteiger partial charge in [0.2, 0.25) is 0 Å². The van der Waals surface area contributed by atoms with E-state index < -0.39 is 0 Å². The lowest BCUT2D eigenvalue weighted by Gasteiger charge is -2.33. The molecule has 0 bridgehead atoms. The summed E-state index contributed by atoms with van der Waals surface area (Å²) in [6, 6.07) is 5.52. The standard InChI is InChI=1S/C13H20ClN3S/c1-13(2,17(3)4)8-16-11-6-5-9(14)7-10(11)12(15)18/h5-7,16H,8H2,1-4H3,(H2,15,18). The van der Waals surface area contributed by atoms with Gasteiger partial charge in [0.25, 0.3) is 0 Å². The molecule has 0 radical (unpaired) electrons. The number of likely N-dealkylation sites (N-methyl/N-ethyl adjacent to an activating group) is 1. The van der Waals surface area contributed by atoms with E-state index in [0.717, 1.165) is 17.8 Å². The maximum absolute atomic E-state index is 5.95. The summed E-state index contributed by atoms with van der Waals surface area (Å²) in [6.07, 6.45) is 0. The van der Waals surface area contributed by atoms with Crippen molar-refractivity contribution >= 4 is 34.5 Å². The highest BCUT2D eigenvalue weighted by Crippen LogP contribution is 2.22. The minimum atomic E-state index is 0.0348. The largest absolute Gasteiger partial charge is 0.389 e. The van der Waals surface area contributed by atoms with Crippen molar-refractivity contribution in [3.8, 4) is 0 Å². The highest BCUT2D eigenvalue weighted by molar-refractivity contribution is 7.80. The van der Waals surface area contributed by atoms with Gasteiger partial charge >= 0.3 is 0 Å². The Morgan fingerprint density at radius 3 is 2.56 bits per heavy atom. The van der Waals surface area contributed by atoms with Crippen molar-refractivity contribution in [2.24, 2.45) is 5.73 Å². The summed E-state index contributed by atoms with van der Waals surface area (Å²) in [4.78, 5) is 2.51. The molecular weight excluding hydrogens is 266 g/mol. The maximum Gasteiger partial charge on any atom is 0.106 e. The average Bonchev–Trinajstić information content (AvgIpc) is 2.27. The van der Waals surface area contributed by atoms with E-state index >= 15 is 0 Å². The Balaban J connectivity index is 2.89. The van der Waals surface area contributed by atoms with Crippen LogP contribution < -0.4 is 11.1 Å². The van der Waals surface area contributed by atoms with Gasteiger partial charge in [-0.25, -0.2) is 0 Å². The van der Waals surface area contributed by atoms with E-state index in [2.05, 4.69) is 38.2 Å². The molecule has 5 heteroatoms. The minimum Gasteiger partial charge on any atom is -0.389 e. The number of hydrogen-bond donors (Lipinski definition) is 2. The molecule has 0 fully saturated rings. The van der Waals surface area contributed by atoms with Gasteiger partial charge in [-0.05, 0) is 46.1 Å². The van der Waals surface area contributed by atoms with Gasteiger partial charge in [0.15, 0.2) is 0 Å². The van der Waals surface area contributed by atoms with Crippen molar-refractivity contribution in [2.45, 2.75) is 19.4 Å². The van der Waals surface area contributed by atoms with Crippen LogP contribution in [-0.2, 0) is 0 Å². The molecule has 1 aromatic carbocycles. The summed E-state index contributed by atoms with van der Waals surface area (Å²) < 4.78 is 0. The lowest BCUT2D eigenvalue weighted by molar-refractivity contribution is 0.210. The first-order chi connectivity index (χ1) is 8.24. The lowest BCUT2D eigenvalue weighted by atomic mass is 10.0. The van der Waals surface area contributed by atoms with E-state index in [1.807, 2.05) is 12.1 Å². The predicted octanol–water partition coefficient (Wildman–Crippen LogP) is 2.73. The quantitative estimate of drug-likeness (QED) is 0.816. The topological polar surface area (TPSA) is 41.3 Å². The fourth-order valence-corrected chi connectivity index (χ4v) is 1.69. The first kappa shape index (κ1) is 15.2. The fraction of sp³-hybridized carbons (Fsp3) is 0.462. The third-order valence-corrected chi connectivity index (χ3v) is 3.62. The van der Waals surface area contributed by atoms with Crippen LogP contribution in [0.1, 0.15) is 19.4 Å². The van der Waals surface area contributed by atoms with Crippen LogP contribution in [0, 0.1) is 0 Å². The van der Waals surface area contributed by atoms with Crippen LogP contribution in [0.3, 0.4) is 0 Å². The summed E-state index contributed by atoms with van der Waals surface area (Å²) in [7, 11) is 4.11. The first-order valence-electron chi connectivity index (χ1n) is 5.74. The van der Waals surface area contributed by atoms with E-state index in [9.17, 15) is 0 Å². The van der Waals surface area contributed by atoms with Crippen molar-refractivity contribution in [1.29, 1.82) is 0 Å². The molecule has 3 N–H and O–H groups in total. The minimum absolute atomic E-state index is 0.0348. The monoisotopic (exact) mass is 285 g/mol. The smallest absolute Gasteiger partial charge is 0.106 e. The normalized spacial score (nSPS) is 11.7. The number of rotatable bonds is 5. The molecule has 0 heterocycles. The summed E-state index contributed by atoms with van der Waals surface area (Å²) in [5, 5.41) is 4.01. The molecule has 0 saturated carbocycles. The van der Waals surface area contributed by atoms with Crippen molar-refractivity contribution in [1.82, 2.24) is 4.90 Å². The Kier molecular flexibility index (Phi) is 4.96. The van der Waals surface area contributed by atoms with Gasteiger partial charge in [-0.3, -0.25) is 0 Å². The number of nitrogens with zero attached hydrogens (tertiary/aromatic N) is 1. The second-order valence-corrected chi connectivity index (χ2v) is 5.99. The van der Waals surface area contributed by atoms with Crippen LogP contribution in [0.4, 0.5) is 5.69 Å². The van der Waals surface area contributed by atoms with E-state index in [1.54, 1.807) is 6.07 Å². The van der Waals surface area contributed by atoms with E-state index in [4.69, 9.17) is 29.6 Å². The molecule has 100 valence electrons. The molecule has 0 spiro atoms. The van der Waals surface area contributed by atoms with Gasteiger partial charge in [0.05, 0.1) is 0 Å². The zero-order valence-electron chi connectivity index (χ0n) is 11.2. The van der Waals surface area contributed by atoms with Gasteiger partial charge in [-0.2, -0.15) is 0 Å². The summed E-state index contributed by atoms with van der Waals surface area (Å²) in [5.41, 5.74) is 7.44. The van der Waals surface area contributed by atoms with Gasteiger partial charge in [-0.15, -0.1) is 0 Å². The SMILES string of the molecule is CN(C)C(C)(C)CNc1ccc(Cl)cc1C(N)=S. The number of halogens is 1. The number of nitrogens with two attached hydrogens (primary N) is 1. The van der Waals surface area contributed by atoms with Crippen molar-refractivity contribution in [3.63, 3.8) is 0 Å². The van der Waals surface area contributed by atoms with E-state index in [1.165, 1.54) is 0 Å². The molecule has 0 aromatic heterocycles. The summed E-state index contributed by atoms with van der Waals surface area (Å²) in [5.74, 6) is 0. The highest BCUT2D eigenvalue weighted by atomic mass is 35.5. The van der Waals surface area contributed by atoms with Gasteiger partial charge in [0, 0.05) is 28.4 Å². The predicted molar refractivity (Wildman–Crippen MR) is 83.6 cm³/mol. The zero-order chi connectivity index (χ0) is 13.9. The van der Waals surface area contributed by atoms with Crippen molar-refractivity contribution in [3.05, 3.63) is 28.8 Å². The Morgan fingerprint density at radius 1 is 1.44 bits per heavy atom. The highest BCUT2D eigenvalue weighted by Gasteiger charge is 2.20. The molecule has 1 rings (SSSR count). The van der Waals surface area contributed by atoms with Crippen molar-refractivity contribution in [2.75, 3.05) is 26.0 Å². The maximum atomic E-state index is 5.95. The molecule has 0 unspecified atom stereocenters. The molecule has 1 aromatic rings. The summed E-state index contributed by atoms with van der Waals surface area (Å²) in [6.45, 7) is 5.12. The van der Waals surface area contributed by atoms with Crippen LogP contribution in [-0.4, -0.2) is 36.1 Å².